The Morgan fingerprint density at radius 2 is 1.95 bits per heavy atom. The van der Waals surface area contributed by atoms with Crippen LogP contribution in [-0.4, -0.2) is 15.6 Å². The van der Waals surface area contributed by atoms with Crippen LogP contribution in [0.3, 0.4) is 0 Å². The highest BCUT2D eigenvalue weighted by Crippen LogP contribution is 2.24. The second-order valence-electron chi connectivity index (χ2n) is 4.63. The zero-order chi connectivity index (χ0) is 14.0. The minimum Gasteiger partial charge on any atom is -0.317 e. The van der Waals surface area contributed by atoms with E-state index in [4.69, 9.17) is 17.3 Å². The number of nitrogens with zero attached hydrogens (tertiary/aromatic N) is 2. The van der Waals surface area contributed by atoms with E-state index in [2.05, 4.69) is 5.10 Å². The maximum Gasteiger partial charge on any atom is 0.203 e. The van der Waals surface area contributed by atoms with E-state index in [1.165, 1.54) is 6.20 Å². The summed E-state index contributed by atoms with van der Waals surface area (Å²) in [7, 11) is 0. The van der Waals surface area contributed by atoms with E-state index in [0.29, 0.717) is 10.7 Å². The van der Waals surface area contributed by atoms with Gasteiger partial charge in [0.05, 0.1) is 17.3 Å². The minimum atomic E-state index is -0.729. The molecule has 4 nitrogen and oxygen atoms in total. The van der Waals surface area contributed by atoms with Crippen LogP contribution < -0.4 is 5.73 Å². The first-order chi connectivity index (χ1) is 9.02. The van der Waals surface area contributed by atoms with Gasteiger partial charge in [0.25, 0.3) is 0 Å². The lowest BCUT2D eigenvalue weighted by Crippen LogP contribution is -2.25. The third-order valence-electron chi connectivity index (χ3n) is 2.91. The quantitative estimate of drug-likeness (QED) is 0.874. The molecule has 0 radical (unpaired) electrons. The fourth-order valence-electron chi connectivity index (χ4n) is 1.92. The van der Waals surface area contributed by atoms with E-state index in [1.54, 1.807) is 4.68 Å². The van der Waals surface area contributed by atoms with E-state index < -0.39 is 6.04 Å². The highest BCUT2D eigenvalue weighted by atomic mass is 35.5. The summed E-state index contributed by atoms with van der Waals surface area (Å²) in [5.41, 5.74) is 7.15. The molecule has 0 saturated heterocycles. The highest BCUT2D eigenvalue weighted by Gasteiger charge is 2.25. The van der Waals surface area contributed by atoms with Crippen LogP contribution in [0, 0.1) is 0 Å². The first-order valence-corrected chi connectivity index (χ1v) is 6.48. The van der Waals surface area contributed by atoms with E-state index in [-0.39, 0.29) is 11.8 Å². The molecule has 0 spiro atoms. The van der Waals surface area contributed by atoms with Crippen LogP contribution in [0.5, 0.6) is 0 Å². The van der Waals surface area contributed by atoms with Crippen LogP contribution in [0.25, 0.3) is 0 Å². The Bertz CT molecular complexity index is 578. The van der Waals surface area contributed by atoms with Crippen molar-refractivity contribution in [2.75, 3.05) is 0 Å². The molecule has 0 bridgehead atoms. The maximum absolute atomic E-state index is 12.5. The van der Waals surface area contributed by atoms with Gasteiger partial charge < -0.3 is 5.73 Å². The molecule has 19 heavy (non-hydrogen) atoms. The third-order valence-corrected chi connectivity index (χ3v) is 3.19. The Balaban J connectivity index is 2.37. The molecule has 1 aromatic heterocycles. The average molecular weight is 278 g/mol. The van der Waals surface area contributed by atoms with E-state index in [9.17, 15) is 4.79 Å². The van der Waals surface area contributed by atoms with Crippen molar-refractivity contribution in [1.29, 1.82) is 0 Å². The van der Waals surface area contributed by atoms with Gasteiger partial charge in [-0.1, -0.05) is 41.9 Å². The van der Waals surface area contributed by atoms with Crippen molar-refractivity contribution < 1.29 is 4.79 Å². The Morgan fingerprint density at radius 3 is 2.53 bits per heavy atom. The molecule has 1 heterocycles. The molecule has 2 rings (SSSR count). The summed E-state index contributed by atoms with van der Waals surface area (Å²) in [5.74, 6) is -0.220. The average Bonchev–Trinajstić information content (AvgIpc) is 2.80. The Morgan fingerprint density at radius 1 is 1.32 bits per heavy atom. The number of halogens is 1. The Kier molecular flexibility index (Phi) is 4.02. The summed E-state index contributed by atoms with van der Waals surface area (Å²) in [4.78, 5) is 12.5. The lowest BCUT2D eigenvalue weighted by molar-refractivity contribution is 0.0949. The largest absolute Gasteiger partial charge is 0.317 e. The van der Waals surface area contributed by atoms with Gasteiger partial charge in [-0.25, -0.2) is 0 Å². The fraction of sp³-hybridized carbons (Fsp3) is 0.286. The molecule has 0 aliphatic carbocycles. The van der Waals surface area contributed by atoms with Crippen molar-refractivity contribution in [3.63, 3.8) is 0 Å². The van der Waals surface area contributed by atoms with Crippen LogP contribution >= 0.6 is 11.6 Å². The van der Waals surface area contributed by atoms with E-state index in [1.807, 2.05) is 44.2 Å². The normalized spacial score (nSPS) is 12.7. The number of hydrogen-bond donors (Lipinski definition) is 1. The zero-order valence-electron chi connectivity index (χ0n) is 10.9. The number of aromatic nitrogens is 2. The molecule has 100 valence electrons. The lowest BCUT2D eigenvalue weighted by atomic mass is 10.0. The first kappa shape index (κ1) is 13.8. The molecular formula is C14H16ClN3O. The number of ketones is 1. The SMILES string of the molecule is CC(C)n1ncc(Cl)c1C(=O)[C@H](N)c1ccccc1. The fourth-order valence-corrected chi connectivity index (χ4v) is 2.15. The third kappa shape index (κ3) is 2.69. The van der Waals surface area contributed by atoms with Crippen LogP contribution in [0.15, 0.2) is 36.5 Å². The van der Waals surface area contributed by atoms with Crippen molar-refractivity contribution in [2.45, 2.75) is 25.9 Å². The molecular weight excluding hydrogens is 262 g/mol. The molecule has 0 aliphatic heterocycles. The van der Waals surface area contributed by atoms with Crippen molar-refractivity contribution in [3.05, 3.63) is 52.8 Å². The standard InChI is InChI=1S/C14H16ClN3O/c1-9(2)18-13(11(15)8-17-18)14(19)12(16)10-6-4-3-5-7-10/h3-9,12H,16H2,1-2H3/t12-/m1/s1. The molecule has 1 atom stereocenters. The highest BCUT2D eigenvalue weighted by molar-refractivity contribution is 6.33. The molecule has 2 aromatic rings. The van der Waals surface area contributed by atoms with Crippen LogP contribution in [0.1, 0.15) is 42.0 Å². The van der Waals surface area contributed by atoms with E-state index in [0.717, 1.165) is 5.56 Å². The van der Waals surface area contributed by atoms with Crippen LogP contribution in [0.4, 0.5) is 0 Å². The second kappa shape index (κ2) is 5.55. The van der Waals surface area contributed by atoms with Gasteiger partial charge in [0.1, 0.15) is 5.69 Å². The minimum absolute atomic E-state index is 0.0504. The number of Topliss-reactive ketones (excluding diaryl/α,β-unsaturated/α-hetero) is 1. The first-order valence-electron chi connectivity index (χ1n) is 6.10. The van der Waals surface area contributed by atoms with Gasteiger partial charge in [-0.3, -0.25) is 9.48 Å². The topological polar surface area (TPSA) is 60.9 Å². The Hall–Kier alpha value is -1.65. The van der Waals surface area contributed by atoms with Gasteiger partial charge >= 0.3 is 0 Å². The predicted molar refractivity (Wildman–Crippen MR) is 75.3 cm³/mol. The number of carbonyl (C=O) groups is 1. The summed E-state index contributed by atoms with van der Waals surface area (Å²) in [5, 5.41) is 4.46. The number of hydrogen-bond acceptors (Lipinski definition) is 3. The molecule has 0 amide bonds. The second-order valence-corrected chi connectivity index (χ2v) is 5.04. The Labute approximate surface area is 117 Å². The summed E-state index contributed by atoms with van der Waals surface area (Å²) in [6, 6.07) is 8.56. The number of rotatable bonds is 4. The zero-order valence-corrected chi connectivity index (χ0v) is 11.6. The van der Waals surface area contributed by atoms with E-state index >= 15 is 0 Å². The van der Waals surface area contributed by atoms with Crippen molar-refractivity contribution in [1.82, 2.24) is 9.78 Å². The molecule has 0 fully saturated rings. The van der Waals surface area contributed by atoms with Gasteiger partial charge in [-0.15, -0.1) is 0 Å². The predicted octanol–water partition coefficient (Wildman–Crippen LogP) is 3.00. The monoisotopic (exact) mass is 277 g/mol. The van der Waals surface area contributed by atoms with Gasteiger partial charge in [0.15, 0.2) is 0 Å². The number of nitrogens with two attached hydrogens (primary N) is 1. The summed E-state index contributed by atoms with van der Waals surface area (Å²) in [6.07, 6.45) is 1.48. The maximum atomic E-state index is 12.5. The van der Waals surface area contributed by atoms with Gasteiger partial charge in [-0.05, 0) is 19.4 Å². The molecule has 2 N–H and O–H groups in total. The van der Waals surface area contributed by atoms with Gasteiger partial charge in [0.2, 0.25) is 5.78 Å². The van der Waals surface area contributed by atoms with Crippen LogP contribution in [0.2, 0.25) is 5.02 Å². The molecule has 5 heteroatoms. The van der Waals surface area contributed by atoms with Crippen molar-refractivity contribution >= 4 is 17.4 Å². The smallest absolute Gasteiger partial charge is 0.203 e. The van der Waals surface area contributed by atoms with Gasteiger partial charge in [0, 0.05) is 6.04 Å². The summed E-state index contributed by atoms with van der Waals surface area (Å²) in [6.45, 7) is 3.88. The molecule has 0 aliphatic rings. The van der Waals surface area contributed by atoms with Crippen molar-refractivity contribution in [3.8, 4) is 0 Å². The lowest BCUT2D eigenvalue weighted by Gasteiger charge is -2.15. The van der Waals surface area contributed by atoms with Crippen LogP contribution in [-0.2, 0) is 0 Å². The molecule has 0 saturated carbocycles. The van der Waals surface area contributed by atoms with Gasteiger partial charge in [-0.2, -0.15) is 5.10 Å². The number of benzene rings is 1. The number of carbonyl (C=O) groups excluding carboxylic acids is 1. The molecule has 1 aromatic carbocycles. The summed E-state index contributed by atoms with van der Waals surface area (Å²) < 4.78 is 1.60. The summed E-state index contributed by atoms with van der Waals surface area (Å²) >= 11 is 6.06. The molecule has 0 unspecified atom stereocenters. The van der Waals surface area contributed by atoms with Crippen molar-refractivity contribution in [2.24, 2.45) is 5.73 Å².